The maximum atomic E-state index is 11.9. The molecule has 1 aliphatic rings. The SMILES string of the molecule is O=C1CC(OS(=O)(=O)[N-]S(=O)(=O)C(F)(F)F)CO1. The van der Waals surface area contributed by atoms with Crippen LogP contribution in [0.4, 0.5) is 13.2 Å². The van der Waals surface area contributed by atoms with Crippen LogP contribution in [0.3, 0.4) is 0 Å². The van der Waals surface area contributed by atoms with Crippen LogP contribution in [0.2, 0.25) is 0 Å². The molecule has 0 aromatic carbocycles. The van der Waals surface area contributed by atoms with E-state index in [4.69, 9.17) is 0 Å². The Bertz CT molecular complexity index is 536. The van der Waals surface area contributed by atoms with Crippen LogP contribution in [0, 0.1) is 0 Å². The van der Waals surface area contributed by atoms with E-state index in [0.717, 1.165) is 0 Å². The number of sulfonamides is 1. The lowest BCUT2D eigenvalue weighted by Gasteiger charge is -2.22. The maximum absolute atomic E-state index is 11.9. The summed E-state index contributed by atoms with van der Waals surface area (Å²) in [4.78, 5) is 10.6. The Morgan fingerprint density at radius 2 is 1.83 bits per heavy atom. The van der Waals surface area contributed by atoms with Crippen molar-refractivity contribution in [1.29, 1.82) is 0 Å². The molecule has 1 aliphatic heterocycles. The highest BCUT2D eigenvalue weighted by atomic mass is 32.3. The molecule has 0 saturated carbocycles. The largest absolute Gasteiger partial charge is 0.480 e. The summed E-state index contributed by atoms with van der Waals surface area (Å²) in [5, 5.41) is 0. The molecule has 0 aromatic rings. The summed E-state index contributed by atoms with van der Waals surface area (Å²) in [6.45, 7) is -0.514. The predicted molar refractivity (Wildman–Crippen MR) is 47.7 cm³/mol. The molecule has 8 nitrogen and oxygen atoms in total. The van der Waals surface area contributed by atoms with Crippen LogP contribution in [0.1, 0.15) is 6.42 Å². The van der Waals surface area contributed by atoms with E-state index in [2.05, 4.69) is 8.92 Å². The Balaban J connectivity index is 2.75. The molecule has 1 atom stereocenters. The fourth-order valence-electron chi connectivity index (χ4n) is 0.903. The molecule has 0 amide bonds. The van der Waals surface area contributed by atoms with Gasteiger partial charge in [-0.15, -0.1) is 0 Å². The van der Waals surface area contributed by atoms with Gasteiger partial charge in [-0.3, -0.25) is 8.98 Å². The first-order valence-corrected chi connectivity index (χ1v) is 6.88. The van der Waals surface area contributed by atoms with E-state index in [9.17, 15) is 34.8 Å². The first kappa shape index (κ1) is 15.1. The lowest BCUT2D eigenvalue weighted by molar-refractivity contribution is -0.137. The van der Waals surface area contributed by atoms with E-state index in [1.807, 2.05) is 0 Å². The van der Waals surface area contributed by atoms with Crippen LogP contribution >= 0.6 is 0 Å². The van der Waals surface area contributed by atoms with Crippen molar-refractivity contribution >= 4 is 26.3 Å². The van der Waals surface area contributed by atoms with Crippen molar-refractivity contribution < 1.29 is 43.7 Å². The van der Waals surface area contributed by atoms with E-state index in [-0.39, 0.29) is 0 Å². The van der Waals surface area contributed by atoms with Crippen LogP contribution in [-0.4, -0.2) is 41.0 Å². The van der Waals surface area contributed by atoms with Gasteiger partial charge >= 0.3 is 11.5 Å². The average Bonchev–Trinajstić information content (AvgIpc) is 2.45. The molecule has 106 valence electrons. The number of carbonyl (C=O) groups excluding carboxylic acids is 1. The van der Waals surface area contributed by atoms with Crippen LogP contribution in [0.15, 0.2) is 0 Å². The lowest BCUT2D eigenvalue weighted by atomic mass is 10.3. The highest BCUT2D eigenvalue weighted by Gasteiger charge is 2.41. The van der Waals surface area contributed by atoms with E-state index >= 15 is 0 Å². The summed E-state index contributed by atoms with van der Waals surface area (Å²) in [6, 6.07) is 0. The molecule has 13 heteroatoms. The van der Waals surface area contributed by atoms with Crippen molar-refractivity contribution in [2.45, 2.75) is 18.0 Å². The van der Waals surface area contributed by atoms with Crippen molar-refractivity contribution in [3.05, 3.63) is 4.13 Å². The van der Waals surface area contributed by atoms with Crippen LogP contribution in [0.5, 0.6) is 0 Å². The van der Waals surface area contributed by atoms with E-state index in [1.165, 1.54) is 0 Å². The molecule has 0 bridgehead atoms. The minimum absolute atomic E-state index is 0.514. The summed E-state index contributed by atoms with van der Waals surface area (Å²) in [6.07, 6.45) is -1.92. The fourth-order valence-corrected chi connectivity index (χ4v) is 2.81. The summed E-state index contributed by atoms with van der Waals surface area (Å²) < 4.78 is 88.2. The van der Waals surface area contributed by atoms with Gasteiger partial charge in [-0.25, -0.2) is 16.8 Å². The summed E-state index contributed by atoms with van der Waals surface area (Å²) in [5.74, 6) is -0.825. The normalized spacial score (nSPS) is 21.9. The number of hydrogen-bond donors (Lipinski definition) is 0. The number of alkyl halides is 3. The summed E-state index contributed by atoms with van der Waals surface area (Å²) in [5.41, 5.74) is -5.86. The highest BCUT2D eigenvalue weighted by molar-refractivity contribution is 8.10. The van der Waals surface area contributed by atoms with E-state index < -0.39 is 50.9 Å². The van der Waals surface area contributed by atoms with Crippen molar-refractivity contribution in [3.8, 4) is 0 Å². The Kier molecular flexibility index (Phi) is 3.90. The molecule has 0 aromatic heterocycles. The molecule has 0 N–H and O–H groups in total. The number of halogens is 3. The predicted octanol–water partition coefficient (Wildman–Crippen LogP) is -0.213. The Hall–Kier alpha value is -0.920. The number of rotatable bonds is 4. The zero-order valence-electron chi connectivity index (χ0n) is 8.25. The minimum Gasteiger partial charge on any atom is -0.463 e. The minimum atomic E-state index is -6.22. The number of ether oxygens (including phenoxy) is 1. The number of carbonyl (C=O) groups is 1. The zero-order valence-corrected chi connectivity index (χ0v) is 9.88. The second-order valence-corrected chi connectivity index (χ2v) is 6.09. The Morgan fingerprint density at radius 3 is 2.22 bits per heavy atom. The standard InChI is InChI=1S/C5H5F3NO7S2/c6-5(7,8)17(11,12)9-18(13,14)16-3-1-4(10)15-2-3/h3H,1-2H2/q-1. The summed E-state index contributed by atoms with van der Waals surface area (Å²) in [7, 11) is -11.6. The highest BCUT2D eigenvalue weighted by Crippen LogP contribution is 2.31. The third kappa shape index (κ3) is 3.79. The molecule has 18 heavy (non-hydrogen) atoms. The van der Waals surface area contributed by atoms with Gasteiger partial charge in [-0.05, 0) is 0 Å². The molecule has 1 fully saturated rings. The van der Waals surface area contributed by atoms with Crippen LogP contribution in [0.25, 0.3) is 4.13 Å². The molecule has 0 aliphatic carbocycles. The number of nitrogens with zero attached hydrogens (tertiary/aromatic N) is 1. The van der Waals surface area contributed by atoms with Crippen LogP contribution in [-0.2, 0) is 34.0 Å². The Morgan fingerprint density at radius 1 is 1.28 bits per heavy atom. The van der Waals surface area contributed by atoms with E-state index in [1.54, 1.807) is 4.13 Å². The summed E-state index contributed by atoms with van der Waals surface area (Å²) >= 11 is 0. The van der Waals surface area contributed by atoms with Crippen molar-refractivity contribution in [2.75, 3.05) is 6.61 Å². The number of hydrogen-bond acceptors (Lipinski definition) is 7. The first-order valence-electron chi connectivity index (χ1n) is 4.07. The van der Waals surface area contributed by atoms with Gasteiger partial charge in [0.05, 0.1) is 6.42 Å². The quantitative estimate of drug-likeness (QED) is 0.659. The third-order valence-corrected chi connectivity index (χ3v) is 4.18. The lowest BCUT2D eigenvalue weighted by Crippen LogP contribution is -2.26. The smallest absolute Gasteiger partial charge is 0.463 e. The molecule has 0 radical (unpaired) electrons. The van der Waals surface area contributed by atoms with Gasteiger partial charge in [0.1, 0.15) is 12.7 Å². The number of cyclic esters (lactones) is 1. The van der Waals surface area contributed by atoms with Gasteiger partial charge in [0, 0.05) is 0 Å². The van der Waals surface area contributed by atoms with Gasteiger partial charge in [-0.1, -0.05) is 0 Å². The van der Waals surface area contributed by atoms with Crippen molar-refractivity contribution in [1.82, 2.24) is 0 Å². The van der Waals surface area contributed by atoms with Gasteiger partial charge in [0.15, 0.2) is 10.0 Å². The van der Waals surface area contributed by atoms with Gasteiger partial charge < -0.3 is 8.86 Å². The monoisotopic (exact) mass is 312 g/mol. The third-order valence-electron chi connectivity index (χ3n) is 1.56. The first-order chi connectivity index (χ1) is 7.93. The number of esters is 1. The second kappa shape index (κ2) is 4.64. The van der Waals surface area contributed by atoms with Crippen molar-refractivity contribution in [3.63, 3.8) is 0 Å². The molecule has 1 unspecified atom stereocenters. The molecule has 0 spiro atoms. The average molecular weight is 312 g/mol. The molecule has 1 heterocycles. The molecule has 1 rings (SSSR count). The Labute approximate surface area is 99.4 Å². The zero-order chi connectivity index (χ0) is 14.2. The van der Waals surface area contributed by atoms with Crippen LogP contribution < -0.4 is 0 Å². The molecule has 1 saturated heterocycles. The topological polar surface area (TPSA) is 118 Å². The second-order valence-electron chi connectivity index (χ2n) is 3.03. The van der Waals surface area contributed by atoms with Crippen molar-refractivity contribution in [2.24, 2.45) is 0 Å². The van der Waals surface area contributed by atoms with Gasteiger partial charge in [-0.2, -0.15) is 13.2 Å². The van der Waals surface area contributed by atoms with E-state index in [0.29, 0.717) is 0 Å². The van der Waals surface area contributed by atoms with Gasteiger partial charge in [0.25, 0.3) is 0 Å². The molecular formula is C5H5F3NO7S2-. The molecular weight excluding hydrogens is 307 g/mol. The van der Waals surface area contributed by atoms with Gasteiger partial charge in [0.2, 0.25) is 10.3 Å². The fraction of sp³-hybridized carbons (Fsp3) is 0.800. The maximum Gasteiger partial charge on any atom is 0.480 e.